The van der Waals surface area contributed by atoms with Gasteiger partial charge < -0.3 is 20.1 Å². The molecule has 2 aromatic rings. The van der Waals surface area contributed by atoms with Crippen molar-refractivity contribution in [2.45, 2.75) is 66.2 Å². The van der Waals surface area contributed by atoms with Gasteiger partial charge in [-0.25, -0.2) is 0 Å². The first kappa shape index (κ1) is 36.3. The highest BCUT2D eigenvalue weighted by molar-refractivity contribution is 7.80. The number of thiocarbonyl (C=S) groups is 2. The molecule has 2 aromatic carbocycles. The Hall–Kier alpha value is -3.90. The molecule has 0 bridgehead atoms. The number of hydrogen-bond acceptors (Lipinski definition) is 6. The minimum atomic E-state index is -0.333. The van der Waals surface area contributed by atoms with E-state index in [1.54, 1.807) is 0 Å². The van der Waals surface area contributed by atoms with Crippen molar-refractivity contribution >= 4 is 57.6 Å². The van der Waals surface area contributed by atoms with Gasteiger partial charge in [0, 0.05) is 13.1 Å². The summed E-state index contributed by atoms with van der Waals surface area (Å²) in [6.45, 7) is 9.67. The molecule has 2 amide bonds. The Bertz CT molecular complexity index is 1140. The van der Waals surface area contributed by atoms with Gasteiger partial charge in [-0.3, -0.25) is 31.3 Å². The first-order valence-electron chi connectivity index (χ1n) is 15.1. The summed E-state index contributed by atoms with van der Waals surface area (Å²) in [5, 5.41) is 6.78. The van der Waals surface area contributed by atoms with E-state index in [1.165, 1.54) is 11.1 Å². The topological polar surface area (TPSA) is 125 Å². The van der Waals surface area contributed by atoms with E-state index in [1.807, 2.05) is 48.5 Å². The van der Waals surface area contributed by atoms with Crippen molar-refractivity contribution in [1.82, 2.24) is 32.3 Å². The molecular formula is C32H46N6O4S2. The van der Waals surface area contributed by atoms with Crippen molar-refractivity contribution < 1.29 is 19.1 Å². The van der Waals surface area contributed by atoms with Gasteiger partial charge in [0.1, 0.15) is 11.5 Å². The molecule has 0 aromatic heterocycles. The monoisotopic (exact) mass is 642 g/mol. The molecule has 0 aliphatic carbocycles. The van der Waals surface area contributed by atoms with Gasteiger partial charge in [0.2, 0.25) is 0 Å². The third kappa shape index (κ3) is 13.6. The Morgan fingerprint density at radius 3 is 1.27 bits per heavy atom. The summed E-state index contributed by atoms with van der Waals surface area (Å²) in [6, 6.07) is 15.5. The maximum Gasteiger partial charge on any atom is 0.276 e. The lowest BCUT2D eigenvalue weighted by atomic mass is 9.91. The van der Waals surface area contributed by atoms with E-state index in [-0.39, 0.29) is 25.0 Å². The highest BCUT2D eigenvalue weighted by Gasteiger charge is 2.11. The number of nitrogens with one attached hydrogen (secondary N) is 6. The SMILES string of the molecule is CCCCNC(=S)NNC(=O)COc1ccc(/C(CC)=C(\CC)c2ccc(OCC(=O)NNC(=S)NCCCC)cc2)cc1. The van der Waals surface area contributed by atoms with Gasteiger partial charge >= 0.3 is 0 Å². The van der Waals surface area contributed by atoms with Crippen molar-refractivity contribution in [2.24, 2.45) is 0 Å². The van der Waals surface area contributed by atoms with Gasteiger partial charge in [-0.2, -0.15) is 0 Å². The molecule has 0 aliphatic rings. The number of unbranched alkanes of at least 4 members (excludes halogenated alkanes) is 2. The van der Waals surface area contributed by atoms with Crippen LogP contribution in [0.4, 0.5) is 0 Å². The molecule has 6 N–H and O–H groups in total. The van der Waals surface area contributed by atoms with Crippen LogP contribution < -0.4 is 41.8 Å². The number of rotatable bonds is 16. The summed E-state index contributed by atoms with van der Waals surface area (Å²) < 4.78 is 11.3. The van der Waals surface area contributed by atoms with Crippen LogP contribution in [0.25, 0.3) is 11.1 Å². The van der Waals surface area contributed by atoms with Crippen LogP contribution in [0.2, 0.25) is 0 Å². The maximum atomic E-state index is 12.1. The van der Waals surface area contributed by atoms with Crippen LogP contribution in [0.5, 0.6) is 11.5 Å². The lowest BCUT2D eigenvalue weighted by Crippen LogP contribution is -2.48. The number of allylic oxidation sites excluding steroid dienone is 2. The van der Waals surface area contributed by atoms with Crippen molar-refractivity contribution in [1.29, 1.82) is 0 Å². The molecule has 2 rings (SSSR count). The normalized spacial score (nSPS) is 11.0. The molecule has 12 heteroatoms. The smallest absolute Gasteiger partial charge is 0.276 e. The standard InChI is InChI=1S/C32H46N6O4S2/c1-5-9-19-33-31(43)37-35-29(39)21-41-25-15-11-23(12-16-25)27(7-3)28(8-4)24-13-17-26(18-14-24)42-22-30(40)36-38-32(44)34-20-10-6-2/h11-18H,5-10,19-22H2,1-4H3,(H,35,39)(H,36,40)(H2,33,37,43)(H2,34,38,44)/b28-27+. The number of benzene rings is 2. The van der Waals surface area contributed by atoms with Gasteiger partial charge in [0.15, 0.2) is 23.4 Å². The molecule has 0 unspecified atom stereocenters. The number of hydrogen-bond donors (Lipinski definition) is 6. The van der Waals surface area contributed by atoms with E-state index >= 15 is 0 Å². The van der Waals surface area contributed by atoms with Crippen LogP contribution >= 0.6 is 24.4 Å². The second kappa shape index (κ2) is 20.9. The average Bonchev–Trinajstić information content (AvgIpc) is 3.04. The number of hydrazine groups is 2. The fourth-order valence-electron chi connectivity index (χ4n) is 4.16. The van der Waals surface area contributed by atoms with Crippen LogP contribution in [0.3, 0.4) is 0 Å². The Labute approximate surface area is 272 Å². The summed E-state index contributed by atoms with van der Waals surface area (Å²) in [5.41, 5.74) is 15.0. The molecule has 0 saturated heterocycles. The van der Waals surface area contributed by atoms with Crippen LogP contribution in [0.15, 0.2) is 48.5 Å². The van der Waals surface area contributed by atoms with E-state index in [2.05, 4.69) is 60.0 Å². The zero-order valence-corrected chi connectivity index (χ0v) is 27.8. The number of carbonyl (C=O) groups is 2. The first-order valence-corrected chi connectivity index (χ1v) is 16.0. The molecular weight excluding hydrogens is 597 g/mol. The summed E-state index contributed by atoms with van der Waals surface area (Å²) in [5.74, 6) is 0.521. The molecule has 240 valence electrons. The second-order valence-electron chi connectivity index (χ2n) is 9.86. The largest absolute Gasteiger partial charge is 0.484 e. The number of amides is 2. The second-order valence-corrected chi connectivity index (χ2v) is 10.7. The molecule has 0 heterocycles. The van der Waals surface area contributed by atoms with Crippen LogP contribution in [-0.4, -0.2) is 48.3 Å². The van der Waals surface area contributed by atoms with Gasteiger partial charge in [0.25, 0.3) is 11.8 Å². The molecule has 0 saturated carbocycles. The van der Waals surface area contributed by atoms with E-state index in [0.717, 1.165) is 62.7 Å². The minimum Gasteiger partial charge on any atom is -0.484 e. The first-order chi connectivity index (χ1) is 21.3. The number of ether oxygens (including phenoxy) is 2. The van der Waals surface area contributed by atoms with Gasteiger partial charge in [0.05, 0.1) is 0 Å². The highest BCUT2D eigenvalue weighted by atomic mass is 32.1. The Kier molecular flexibility index (Phi) is 17.2. The van der Waals surface area contributed by atoms with Crippen molar-refractivity contribution in [3.63, 3.8) is 0 Å². The molecule has 0 atom stereocenters. The summed E-state index contributed by atoms with van der Waals surface area (Å²) in [7, 11) is 0. The predicted molar refractivity (Wildman–Crippen MR) is 185 cm³/mol. The average molecular weight is 643 g/mol. The molecule has 0 fully saturated rings. The highest BCUT2D eigenvalue weighted by Crippen LogP contribution is 2.33. The van der Waals surface area contributed by atoms with E-state index < -0.39 is 0 Å². The molecule has 0 aliphatic heterocycles. The van der Waals surface area contributed by atoms with Crippen molar-refractivity contribution in [3.05, 3.63) is 59.7 Å². The molecule has 10 nitrogen and oxygen atoms in total. The molecule has 44 heavy (non-hydrogen) atoms. The predicted octanol–water partition coefficient (Wildman–Crippen LogP) is 4.77. The quantitative estimate of drug-likeness (QED) is 0.0661. The lowest BCUT2D eigenvalue weighted by molar-refractivity contribution is -0.124. The maximum absolute atomic E-state index is 12.1. The summed E-state index contributed by atoms with van der Waals surface area (Å²) >= 11 is 10.3. The number of carbonyl (C=O) groups excluding carboxylic acids is 2. The minimum absolute atomic E-state index is 0.142. The Morgan fingerprint density at radius 2 is 0.955 bits per heavy atom. The fourth-order valence-corrected chi connectivity index (χ4v) is 4.46. The summed E-state index contributed by atoms with van der Waals surface area (Å²) in [6.07, 6.45) is 5.79. The van der Waals surface area contributed by atoms with Crippen molar-refractivity contribution in [3.8, 4) is 11.5 Å². The third-order valence-corrected chi connectivity index (χ3v) is 6.97. The van der Waals surface area contributed by atoms with Crippen molar-refractivity contribution in [2.75, 3.05) is 26.3 Å². The van der Waals surface area contributed by atoms with E-state index in [0.29, 0.717) is 21.7 Å². The Morgan fingerprint density at radius 1 is 0.591 bits per heavy atom. The van der Waals surface area contributed by atoms with Gasteiger partial charge in [-0.15, -0.1) is 0 Å². The van der Waals surface area contributed by atoms with Gasteiger partial charge in [-0.05, 0) is 96.7 Å². The van der Waals surface area contributed by atoms with Crippen LogP contribution in [0, 0.1) is 0 Å². The lowest BCUT2D eigenvalue weighted by Gasteiger charge is -2.16. The molecule has 0 spiro atoms. The van der Waals surface area contributed by atoms with Gasteiger partial charge in [-0.1, -0.05) is 64.8 Å². The van der Waals surface area contributed by atoms with Crippen LogP contribution in [-0.2, 0) is 9.59 Å². The van der Waals surface area contributed by atoms with E-state index in [4.69, 9.17) is 33.9 Å². The Balaban J connectivity index is 1.91. The fraction of sp³-hybridized carbons (Fsp3) is 0.438. The summed E-state index contributed by atoms with van der Waals surface area (Å²) in [4.78, 5) is 24.2. The third-order valence-electron chi connectivity index (χ3n) is 6.48. The molecule has 0 radical (unpaired) electrons. The zero-order chi connectivity index (χ0) is 32.2. The zero-order valence-electron chi connectivity index (χ0n) is 26.1. The van der Waals surface area contributed by atoms with Crippen LogP contribution in [0.1, 0.15) is 77.3 Å². The van der Waals surface area contributed by atoms with E-state index in [9.17, 15) is 9.59 Å².